The Morgan fingerprint density at radius 2 is 2.05 bits per heavy atom. The minimum atomic E-state index is 0.0964. The molecule has 0 unspecified atom stereocenters. The van der Waals surface area contributed by atoms with E-state index in [-0.39, 0.29) is 11.8 Å². The fraction of sp³-hybridized carbons (Fsp3) is 0.500. The quantitative estimate of drug-likeness (QED) is 0.814. The van der Waals surface area contributed by atoms with Crippen LogP contribution in [0.15, 0.2) is 30.3 Å². The van der Waals surface area contributed by atoms with Crippen LogP contribution in [0.1, 0.15) is 31.2 Å². The summed E-state index contributed by atoms with van der Waals surface area (Å²) in [6.07, 6.45) is 3.50. The summed E-state index contributed by atoms with van der Waals surface area (Å²) in [5.74, 6) is 0.618. The standard InChI is InChI=1S/C16H18N2O/c17-10-13-6-7-15-8-14(13)9-16(19)18(15)11-12-4-2-1-3-5-12/h1-5,13-15H,6-9,11H2/t13-,14+,15-/m1/s1. The first-order chi connectivity index (χ1) is 9.28. The number of nitrogens with zero attached hydrogens (tertiary/aromatic N) is 2. The molecule has 1 saturated carbocycles. The Balaban J connectivity index is 1.74. The number of fused-ring (bicyclic) bond motifs is 2. The molecule has 0 N–H and O–H groups in total. The second-order valence-electron chi connectivity index (χ2n) is 5.67. The number of piperidine rings is 1. The van der Waals surface area contributed by atoms with E-state index in [0.29, 0.717) is 24.9 Å². The molecule has 1 heterocycles. The van der Waals surface area contributed by atoms with Crippen molar-refractivity contribution in [1.82, 2.24) is 4.90 Å². The Morgan fingerprint density at radius 3 is 2.79 bits per heavy atom. The first-order valence-electron chi connectivity index (χ1n) is 7.01. The second-order valence-corrected chi connectivity index (χ2v) is 5.67. The SMILES string of the molecule is N#C[C@H]1CC[C@@H]2C[C@H]1CC(=O)N2Cc1ccccc1. The van der Waals surface area contributed by atoms with E-state index in [1.54, 1.807) is 0 Å². The normalized spacial score (nSPS) is 29.9. The zero-order valence-corrected chi connectivity index (χ0v) is 11.0. The van der Waals surface area contributed by atoms with Crippen molar-refractivity contribution < 1.29 is 4.79 Å². The molecule has 19 heavy (non-hydrogen) atoms. The zero-order valence-electron chi connectivity index (χ0n) is 11.0. The molecular formula is C16H18N2O. The van der Waals surface area contributed by atoms with Gasteiger partial charge in [0, 0.05) is 24.9 Å². The lowest BCUT2D eigenvalue weighted by atomic mass is 9.72. The van der Waals surface area contributed by atoms with E-state index in [4.69, 9.17) is 5.26 Å². The Morgan fingerprint density at radius 1 is 1.26 bits per heavy atom. The van der Waals surface area contributed by atoms with Crippen LogP contribution in [0.25, 0.3) is 0 Å². The Hall–Kier alpha value is -1.82. The molecule has 3 nitrogen and oxygen atoms in total. The average molecular weight is 254 g/mol. The lowest BCUT2D eigenvalue weighted by molar-refractivity contribution is -0.142. The predicted octanol–water partition coefficient (Wildman–Crippen LogP) is 2.73. The molecule has 0 spiro atoms. The molecule has 3 heteroatoms. The lowest BCUT2D eigenvalue weighted by Gasteiger charge is -2.44. The number of hydrogen-bond acceptors (Lipinski definition) is 2. The van der Waals surface area contributed by atoms with E-state index < -0.39 is 0 Å². The van der Waals surface area contributed by atoms with Crippen molar-refractivity contribution in [1.29, 1.82) is 5.26 Å². The fourth-order valence-corrected chi connectivity index (χ4v) is 3.46. The van der Waals surface area contributed by atoms with Crippen LogP contribution in [0.3, 0.4) is 0 Å². The molecule has 98 valence electrons. The summed E-state index contributed by atoms with van der Waals surface area (Å²) in [7, 11) is 0. The molecule has 1 saturated heterocycles. The number of carbonyl (C=O) groups excluding carboxylic acids is 1. The van der Waals surface area contributed by atoms with Gasteiger partial charge in [0.1, 0.15) is 0 Å². The minimum Gasteiger partial charge on any atom is -0.335 e. The van der Waals surface area contributed by atoms with Crippen LogP contribution in [0.5, 0.6) is 0 Å². The van der Waals surface area contributed by atoms with Gasteiger partial charge in [-0.25, -0.2) is 0 Å². The van der Waals surface area contributed by atoms with E-state index in [1.165, 1.54) is 5.56 Å². The fourth-order valence-electron chi connectivity index (χ4n) is 3.46. The number of nitriles is 1. The van der Waals surface area contributed by atoms with Gasteiger partial charge in [0.2, 0.25) is 5.91 Å². The first kappa shape index (κ1) is 12.2. The molecule has 1 aliphatic carbocycles. The van der Waals surface area contributed by atoms with Crippen molar-refractivity contribution in [3.8, 4) is 6.07 Å². The van der Waals surface area contributed by atoms with Gasteiger partial charge in [-0.1, -0.05) is 30.3 Å². The van der Waals surface area contributed by atoms with Crippen molar-refractivity contribution >= 4 is 5.91 Å². The average Bonchev–Trinajstić information content (AvgIpc) is 2.45. The molecule has 1 amide bonds. The minimum absolute atomic E-state index is 0.0964. The smallest absolute Gasteiger partial charge is 0.223 e. The summed E-state index contributed by atoms with van der Waals surface area (Å²) >= 11 is 0. The number of likely N-dealkylation sites (tertiary alicyclic amines) is 1. The van der Waals surface area contributed by atoms with Gasteiger partial charge in [-0.15, -0.1) is 0 Å². The summed E-state index contributed by atoms with van der Waals surface area (Å²) in [5.41, 5.74) is 1.19. The van der Waals surface area contributed by atoms with E-state index in [9.17, 15) is 4.79 Å². The molecule has 3 rings (SSSR count). The van der Waals surface area contributed by atoms with Crippen LogP contribution in [0, 0.1) is 23.2 Å². The third-order valence-electron chi connectivity index (χ3n) is 4.51. The van der Waals surface area contributed by atoms with Crippen LogP contribution in [-0.2, 0) is 11.3 Å². The summed E-state index contributed by atoms with van der Waals surface area (Å²) in [4.78, 5) is 14.3. The van der Waals surface area contributed by atoms with Gasteiger partial charge < -0.3 is 4.90 Å². The number of carbonyl (C=O) groups is 1. The molecule has 2 fully saturated rings. The predicted molar refractivity (Wildman–Crippen MR) is 71.8 cm³/mol. The first-order valence-corrected chi connectivity index (χ1v) is 7.01. The van der Waals surface area contributed by atoms with Crippen molar-refractivity contribution in [2.24, 2.45) is 11.8 Å². The number of amides is 1. The van der Waals surface area contributed by atoms with Gasteiger partial charge in [-0.3, -0.25) is 4.79 Å². The zero-order chi connectivity index (χ0) is 13.2. The highest BCUT2D eigenvalue weighted by Crippen LogP contribution is 2.39. The summed E-state index contributed by atoms with van der Waals surface area (Å²) in [5, 5.41) is 9.12. The highest BCUT2D eigenvalue weighted by molar-refractivity contribution is 5.78. The van der Waals surface area contributed by atoms with Crippen molar-refractivity contribution in [2.45, 2.75) is 38.3 Å². The molecule has 1 aromatic rings. The van der Waals surface area contributed by atoms with E-state index in [2.05, 4.69) is 18.2 Å². The van der Waals surface area contributed by atoms with Crippen LogP contribution in [0.4, 0.5) is 0 Å². The van der Waals surface area contributed by atoms with E-state index in [1.807, 2.05) is 23.1 Å². The number of rotatable bonds is 2. The van der Waals surface area contributed by atoms with Gasteiger partial charge in [-0.05, 0) is 30.7 Å². The highest BCUT2D eigenvalue weighted by Gasteiger charge is 2.41. The molecule has 0 radical (unpaired) electrons. The monoisotopic (exact) mass is 254 g/mol. The van der Waals surface area contributed by atoms with Crippen LogP contribution in [0.2, 0.25) is 0 Å². The van der Waals surface area contributed by atoms with Crippen LogP contribution < -0.4 is 0 Å². The van der Waals surface area contributed by atoms with Gasteiger partial charge in [0.15, 0.2) is 0 Å². The lowest BCUT2D eigenvalue weighted by Crippen LogP contribution is -2.49. The topological polar surface area (TPSA) is 44.1 Å². The maximum atomic E-state index is 12.3. The molecular weight excluding hydrogens is 236 g/mol. The summed E-state index contributed by atoms with van der Waals surface area (Å²) in [6, 6.07) is 12.9. The van der Waals surface area contributed by atoms with Crippen LogP contribution in [-0.4, -0.2) is 16.8 Å². The van der Waals surface area contributed by atoms with Gasteiger partial charge in [0.05, 0.1) is 6.07 Å². The van der Waals surface area contributed by atoms with Gasteiger partial charge in [0.25, 0.3) is 0 Å². The third-order valence-corrected chi connectivity index (χ3v) is 4.51. The van der Waals surface area contributed by atoms with Crippen molar-refractivity contribution in [3.63, 3.8) is 0 Å². The molecule has 3 atom stereocenters. The molecule has 2 aliphatic rings. The number of benzene rings is 1. The molecule has 0 aromatic heterocycles. The van der Waals surface area contributed by atoms with Gasteiger partial charge in [-0.2, -0.15) is 5.26 Å². The van der Waals surface area contributed by atoms with Gasteiger partial charge >= 0.3 is 0 Å². The molecule has 2 bridgehead atoms. The Bertz CT molecular complexity index is 505. The highest BCUT2D eigenvalue weighted by atomic mass is 16.2. The number of hydrogen-bond donors (Lipinski definition) is 0. The summed E-state index contributed by atoms with van der Waals surface area (Å²) in [6.45, 7) is 0.717. The second kappa shape index (κ2) is 5.05. The third kappa shape index (κ3) is 2.35. The summed E-state index contributed by atoms with van der Waals surface area (Å²) < 4.78 is 0. The van der Waals surface area contributed by atoms with Crippen molar-refractivity contribution in [2.75, 3.05) is 0 Å². The van der Waals surface area contributed by atoms with E-state index >= 15 is 0 Å². The molecule has 1 aromatic carbocycles. The molecule has 1 aliphatic heterocycles. The maximum absolute atomic E-state index is 12.3. The Kier molecular flexibility index (Phi) is 3.25. The van der Waals surface area contributed by atoms with Crippen molar-refractivity contribution in [3.05, 3.63) is 35.9 Å². The Labute approximate surface area is 113 Å². The largest absolute Gasteiger partial charge is 0.335 e. The maximum Gasteiger partial charge on any atom is 0.223 e. The van der Waals surface area contributed by atoms with Crippen LogP contribution >= 0.6 is 0 Å². The van der Waals surface area contributed by atoms with E-state index in [0.717, 1.165) is 19.3 Å².